The summed E-state index contributed by atoms with van der Waals surface area (Å²) >= 11 is 0. The minimum absolute atomic E-state index is 0.0204. The number of oxime groups is 1. The average molecular weight is 369 g/mol. The van der Waals surface area contributed by atoms with Crippen LogP contribution in [0.4, 0.5) is 0 Å². The van der Waals surface area contributed by atoms with Crippen molar-refractivity contribution in [3.63, 3.8) is 0 Å². The van der Waals surface area contributed by atoms with Crippen LogP contribution in [0.1, 0.15) is 49.8 Å². The van der Waals surface area contributed by atoms with Crippen molar-refractivity contribution in [1.29, 1.82) is 0 Å². The lowest BCUT2D eigenvalue weighted by Crippen LogP contribution is -2.07. The minimum atomic E-state index is -0.863. The summed E-state index contributed by atoms with van der Waals surface area (Å²) in [7, 11) is 0. The molecule has 0 aliphatic rings. The fraction of sp³-hybridized carbons (Fsp3) is 0.364. The van der Waals surface area contributed by atoms with Crippen LogP contribution in [-0.4, -0.2) is 30.0 Å². The number of rotatable bonds is 10. The highest BCUT2D eigenvalue weighted by Crippen LogP contribution is 2.16. The molecule has 0 unspecified atom stereocenters. The van der Waals surface area contributed by atoms with Crippen LogP contribution in [0.2, 0.25) is 0 Å². The van der Waals surface area contributed by atoms with Gasteiger partial charge in [0.15, 0.2) is 6.61 Å². The second-order valence-electron chi connectivity index (χ2n) is 6.57. The Labute approximate surface area is 160 Å². The maximum Gasteiger partial charge on any atom is 0.307 e. The molecule has 0 radical (unpaired) electrons. The zero-order chi connectivity index (χ0) is 19.6. The van der Waals surface area contributed by atoms with E-state index in [2.05, 4.69) is 43.3 Å². The molecule has 1 N–H and O–H groups in total. The third-order valence-electron chi connectivity index (χ3n) is 4.12. The summed E-state index contributed by atoms with van der Waals surface area (Å²) in [6, 6.07) is 15.5. The van der Waals surface area contributed by atoms with Crippen molar-refractivity contribution in [3.05, 3.63) is 65.2 Å². The molecule has 144 valence electrons. The fourth-order valence-electron chi connectivity index (χ4n) is 2.62. The van der Waals surface area contributed by atoms with Gasteiger partial charge >= 0.3 is 5.97 Å². The van der Waals surface area contributed by atoms with Crippen LogP contribution in [0.15, 0.2) is 53.7 Å². The molecule has 0 aliphatic carbocycles. The number of hydrogen-bond donors (Lipinski definition) is 1. The van der Waals surface area contributed by atoms with Crippen LogP contribution in [0.3, 0.4) is 0 Å². The molecule has 27 heavy (non-hydrogen) atoms. The summed E-state index contributed by atoms with van der Waals surface area (Å²) in [5, 5.41) is 13.1. The maximum atomic E-state index is 10.8. The second-order valence-corrected chi connectivity index (χ2v) is 6.57. The second kappa shape index (κ2) is 10.4. The molecule has 0 aliphatic heterocycles. The van der Waals surface area contributed by atoms with Gasteiger partial charge in [0.2, 0.25) is 0 Å². The molecule has 0 saturated carbocycles. The normalized spacial score (nSPS) is 11.5. The fourth-order valence-corrected chi connectivity index (χ4v) is 2.62. The van der Waals surface area contributed by atoms with Crippen molar-refractivity contribution in [2.45, 2.75) is 39.5 Å². The van der Waals surface area contributed by atoms with E-state index in [1.165, 1.54) is 5.56 Å². The number of carboxylic acids is 1. The van der Waals surface area contributed by atoms with Gasteiger partial charge in [0, 0.05) is 0 Å². The summed E-state index contributed by atoms with van der Waals surface area (Å²) in [5.74, 6) is 0.267. The molecule has 0 aromatic heterocycles. The van der Waals surface area contributed by atoms with Crippen LogP contribution in [-0.2, 0) is 16.1 Å². The van der Waals surface area contributed by atoms with Crippen LogP contribution in [0.5, 0.6) is 5.75 Å². The minimum Gasteiger partial charge on any atom is -0.490 e. The van der Waals surface area contributed by atoms with Crippen molar-refractivity contribution in [2.24, 2.45) is 5.16 Å². The van der Waals surface area contributed by atoms with Crippen LogP contribution >= 0.6 is 0 Å². The summed E-state index contributed by atoms with van der Waals surface area (Å²) in [6.07, 6.45) is 0.757. The Balaban J connectivity index is 1.84. The van der Waals surface area contributed by atoms with Gasteiger partial charge in [-0.05, 0) is 41.2 Å². The molecule has 0 spiro atoms. The summed E-state index contributed by atoms with van der Waals surface area (Å²) in [6.45, 7) is 7.04. The van der Waals surface area contributed by atoms with Gasteiger partial charge < -0.3 is 14.7 Å². The SMILES string of the molecule is CCC(=NOCCOc1cccc(CC(=O)O)c1)c1ccc(C(C)C)cc1. The van der Waals surface area contributed by atoms with E-state index in [9.17, 15) is 4.79 Å². The van der Waals surface area contributed by atoms with Gasteiger partial charge in [-0.2, -0.15) is 0 Å². The molecule has 0 saturated heterocycles. The summed E-state index contributed by atoms with van der Waals surface area (Å²) in [4.78, 5) is 16.2. The van der Waals surface area contributed by atoms with Crippen molar-refractivity contribution < 1.29 is 19.5 Å². The van der Waals surface area contributed by atoms with E-state index < -0.39 is 5.97 Å². The Morgan fingerprint density at radius 1 is 1.11 bits per heavy atom. The summed E-state index contributed by atoms with van der Waals surface area (Å²) in [5.41, 5.74) is 3.96. The van der Waals surface area contributed by atoms with E-state index in [0.29, 0.717) is 30.4 Å². The quantitative estimate of drug-likeness (QED) is 0.376. The molecule has 0 amide bonds. The van der Waals surface area contributed by atoms with Crippen molar-refractivity contribution in [2.75, 3.05) is 13.2 Å². The number of aliphatic carboxylic acids is 1. The molecule has 0 heterocycles. The van der Waals surface area contributed by atoms with E-state index in [1.54, 1.807) is 24.3 Å². The first-order chi connectivity index (χ1) is 13.0. The molecule has 0 bridgehead atoms. The lowest BCUT2D eigenvalue weighted by Gasteiger charge is -2.09. The van der Waals surface area contributed by atoms with Crippen LogP contribution in [0.25, 0.3) is 0 Å². The zero-order valence-corrected chi connectivity index (χ0v) is 16.1. The first-order valence-corrected chi connectivity index (χ1v) is 9.22. The number of carboxylic acid groups (broad SMARTS) is 1. The Hall–Kier alpha value is -2.82. The first-order valence-electron chi connectivity index (χ1n) is 9.22. The third kappa shape index (κ3) is 6.77. The number of carbonyl (C=O) groups is 1. The average Bonchev–Trinajstić information content (AvgIpc) is 2.64. The van der Waals surface area contributed by atoms with Crippen LogP contribution in [0, 0.1) is 0 Å². The molecule has 5 nitrogen and oxygen atoms in total. The first kappa shape index (κ1) is 20.5. The van der Waals surface area contributed by atoms with Gasteiger partial charge in [-0.3, -0.25) is 4.79 Å². The number of hydrogen-bond acceptors (Lipinski definition) is 4. The molecular weight excluding hydrogens is 342 g/mol. The lowest BCUT2D eigenvalue weighted by molar-refractivity contribution is -0.136. The molecule has 5 heteroatoms. The van der Waals surface area contributed by atoms with Gasteiger partial charge in [-0.25, -0.2) is 0 Å². The smallest absolute Gasteiger partial charge is 0.307 e. The van der Waals surface area contributed by atoms with E-state index in [1.807, 2.05) is 6.92 Å². The van der Waals surface area contributed by atoms with Gasteiger partial charge in [-0.1, -0.05) is 62.3 Å². The van der Waals surface area contributed by atoms with Crippen molar-refractivity contribution in [1.82, 2.24) is 0 Å². The standard InChI is InChI=1S/C22H27NO4/c1-4-21(19-10-8-18(9-11-19)16(2)3)23-27-13-12-26-20-7-5-6-17(14-20)15-22(24)25/h5-11,14,16H,4,12-13,15H2,1-3H3,(H,24,25). The number of benzene rings is 2. The highest BCUT2D eigenvalue weighted by Gasteiger charge is 2.05. The monoisotopic (exact) mass is 369 g/mol. The van der Waals surface area contributed by atoms with Gasteiger partial charge in [0.25, 0.3) is 0 Å². The predicted octanol–water partition coefficient (Wildman–Crippen LogP) is 4.65. The lowest BCUT2D eigenvalue weighted by atomic mass is 10.00. The Kier molecular flexibility index (Phi) is 7.86. The highest BCUT2D eigenvalue weighted by molar-refractivity contribution is 6.00. The zero-order valence-electron chi connectivity index (χ0n) is 16.1. The van der Waals surface area contributed by atoms with Gasteiger partial charge in [0.1, 0.15) is 12.4 Å². The van der Waals surface area contributed by atoms with Crippen molar-refractivity contribution >= 4 is 11.7 Å². The van der Waals surface area contributed by atoms with Crippen LogP contribution < -0.4 is 4.74 Å². The highest BCUT2D eigenvalue weighted by atomic mass is 16.6. The number of ether oxygens (including phenoxy) is 1. The predicted molar refractivity (Wildman–Crippen MR) is 107 cm³/mol. The Morgan fingerprint density at radius 2 is 1.85 bits per heavy atom. The largest absolute Gasteiger partial charge is 0.490 e. The Bertz CT molecular complexity index is 766. The molecule has 2 aromatic carbocycles. The van der Waals surface area contributed by atoms with E-state index >= 15 is 0 Å². The van der Waals surface area contributed by atoms with E-state index in [4.69, 9.17) is 14.7 Å². The molecule has 0 atom stereocenters. The topological polar surface area (TPSA) is 68.1 Å². The summed E-state index contributed by atoms with van der Waals surface area (Å²) < 4.78 is 5.60. The molecule has 2 rings (SSSR count). The molecular formula is C22H27NO4. The third-order valence-corrected chi connectivity index (χ3v) is 4.12. The van der Waals surface area contributed by atoms with E-state index in [0.717, 1.165) is 17.7 Å². The van der Waals surface area contributed by atoms with Gasteiger partial charge in [-0.15, -0.1) is 0 Å². The van der Waals surface area contributed by atoms with Gasteiger partial charge in [0.05, 0.1) is 12.1 Å². The number of nitrogens with zero attached hydrogens (tertiary/aromatic N) is 1. The maximum absolute atomic E-state index is 10.8. The van der Waals surface area contributed by atoms with Crippen molar-refractivity contribution in [3.8, 4) is 5.75 Å². The molecule has 2 aromatic rings. The Morgan fingerprint density at radius 3 is 2.48 bits per heavy atom. The van der Waals surface area contributed by atoms with E-state index in [-0.39, 0.29) is 6.42 Å². The molecule has 0 fully saturated rings.